The SMILES string of the molecule is CCNC(=NCC(C)(O)c1cc(C)oc1C)NCCCn1nc2n(c1=O)CCCC2.I. The minimum Gasteiger partial charge on any atom is -0.466 e. The second-order valence-corrected chi connectivity index (χ2v) is 8.11. The molecule has 0 spiro atoms. The van der Waals surface area contributed by atoms with Gasteiger partial charge in [0, 0.05) is 38.2 Å². The number of hydrogen-bond donors (Lipinski definition) is 3. The number of nitrogens with zero attached hydrogens (tertiary/aromatic N) is 4. The number of aliphatic imine (C=N–C) groups is 1. The molecule has 1 unspecified atom stereocenters. The molecule has 0 aromatic carbocycles. The molecule has 0 saturated carbocycles. The zero-order valence-electron chi connectivity index (χ0n) is 18.9. The molecule has 0 aliphatic carbocycles. The van der Waals surface area contributed by atoms with Crippen LogP contribution in [0.3, 0.4) is 0 Å². The van der Waals surface area contributed by atoms with E-state index in [0.29, 0.717) is 31.4 Å². The normalized spacial score (nSPS) is 15.7. The van der Waals surface area contributed by atoms with Gasteiger partial charge in [0.15, 0.2) is 5.96 Å². The average Bonchev–Trinajstić information content (AvgIpc) is 3.22. The van der Waals surface area contributed by atoms with Crippen LogP contribution in [0.15, 0.2) is 20.3 Å². The molecular weight excluding hydrogens is 511 g/mol. The summed E-state index contributed by atoms with van der Waals surface area (Å²) >= 11 is 0. The molecule has 10 heteroatoms. The van der Waals surface area contributed by atoms with Gasteiger partial charge in [0.05, 0.1) is 6.54 Å². The lowest BCUT2D eigenvalue weighted by Crippen LogP contribution is -2.39. The quantitative estimate of drug-likeness (QED) is 0.203. The lowest BCUT2D eigenvalue weighted by molar-refractivity contribution is 0.0657. The molecule has 0 bridgehead atoms. The molecule has 1 aliphatic rings. The fourth-order valence-electron chi connectivity index (χ4n) is 3.86. The average molecular weight is 546 g/mol. The maximum atomic E-state index is 12.4. The third-order valence-corrected chi connectivity index (χ3v) is 5.38. The number of guanidine groups is 1. The van der Waals surface area contributed by atoms with E-state index in [-0.39, 0.29) is 36.2 Å². The van der Waals surface area contributed by atoms with Gasteiger partial charge in [-0.25, -0.2) is 14.5 Å². The Hall–Kier alpha value is -1.82. The van der Waals surface area contributed by atoms with E-state index >= 15 is 0 Å². The van der Waals surface area contributed by atoms with Crippen molar-refractivity contribution in [2.24, 2.45) is 4.99 Å². The summed E-state index contributed by atoms with van der Waals surface area (Å²) in [4.78, 5) is 16.9. The highest BCUT2D eigenvalue weighted by molar-refractivity contribution is 14.0. The summed E-state index contributed by atoms with van der Waals surface area (Å²) in [6.07, 6.45) is 3.77. The van der Waals surface area contributed by atoms with Crippen LogP contribution in [0.5, 0.6) is 0 Å². The second-order valence-electron chi connectivity index (χ2n) is 8.11. The van der Waals surface area contributed by atoms with Crippen molar-refractivity contribution in [3.8, 4) is 0 Å². The van der Waals surface area contributed by atoms with E-state index in [1.54, 1.807) is 16.2 Å². The zero-order valence-corrected chi connectivity index (χ0v) is 21.2. The van der Waals surface area contributed by atoms with Crippen molar-refractivity contribution in [3.63, 3.8) is 0 Å². The smallest absolute Gasteiger partial charge is 0.345 e. The number of rotatable bonds is 8. The van der Waals surface area contributed by atoms with Gasteiger partial charge < -0.3 is 20.2 Å². The van der Waals surface area contributed by atoms with E-state index < -0.39 is 5.60 Å². The third kappa shape index (κ3) is 6.34. The molecule has 0 saturated heterocycles. The maximum Gasteiger partial charge on any atom is 0.345 e. The summed E-state index contributed by atoms with van der Waals surface area (Å²) in [5.74, 6) is 3.01. The molecule has 174 valence electrons. The Morgan fingerprint density at radius 1 is 1.35 bits per heavy atom. The molecule has 1 atom stereocenters. The van der Waals surface area contributed by atoms with Crippen LogP contribution in [0.4, 0.5) is 0 Å². The Morgan fingerprint density at radius 3 is 2.77 bits per heavy atom. The molecule has 2 aromatic heterocycles. The minimum atomic E-state index is -1.12. The predicted molar refractivity (Wildman–Crippen MR) is 131 cm³/mol. The number of halogens is 1. The summed E-state index contributed by atoms with van der Waals surface area (Å²) in [7, 11) is 0. The Bertz CT molecular complexity index is 944. The fraction of sp³-hybridized carbons (Fsp3) is 0.667. The van der Waals surface area contributed by atoms with Crippen LogP contribution in [0.1, 0.15) is 56.0 Å². The molecule has 3 rings (SSSR count). The first-order chi connectivity index (χ1) is 14.3. The standard InChI is InChI=1S/C21H34N6O3.HI/c1-5-22-19(24-14-21(4,29)17-13-15(2)30-16(17)3)23-10-8-12-27-20(28)26-11-7-6-9-18(26)25-27;/h13,29H,5-12,14H2,1-4H3,(H2,22,23,24);1H. The maximum absolute atomic E-state index is 12.4. The van der Waals surface area contributed by atoms with Crippen molar-refractivity contribution < 1.29 is 9.52 Å². The zero-order chi connectivity index (χ0) is 21.7. The van der Waals surface area contributed by atoms with E-state index in [2.05, 4.69) is 20.7 Å². The van der Waals surface area contributed by atoms with Gasteiger partial charge in [0.25, 0.3) is 0 Å². The molecule has 3 heterocycles. The molecule has 9 nitrogen and oxygen atoms in total. The molecular formula is C21H35IN6O3. The van der Waals surface area contributed by atoms with Crippen LogP contribution in [0.25, 0.3) is 0 Å². The summed E-state index contributed by atoms with van der Waals surface area (Å²) in [5.41, 5.74) is -0.373. The van der Waals surface area contributed by atoms with Gasteiger partial charge in [0.2, 0.25) is 0 Å². The Morgan fingerprint density at radius 2 is 2.13 bits per heavy atom. The van der Waals surface area contributed by atoms with Gasteiger partial charge in [-0.2, -0.15) is 5.10 Å². The van der Waals surface area contributed by atoms with Crippen molar-refractivity contribution in [1.82, 2.24) is 25.0 Å². The highest BCUT2D eigenvalue weighted by Crippen LogP contribution is 2.27. The largest absolute Gasteiger partial charge is 0.466 e. The van der Waals surface area contributed by atoms with Gasteiger partial charge in [-0.3, -0.25) is 4.57 Å². The summed E-state index contributed by atoms with van der Waals surface area (Å²) in [6, 6.07) is 1.85. The molecule has 0 fully saturated rings. The predicted octanol–water partition coefficient (Wildman–Crippen LogP) is 2.06. The molecule has 0 amide bonds. The van der Waals surface area contributed by atoms with Crippen LogP contribution >= 0.6 is 24.0 Å². The lowest BCUT2D eigenvalue weighted by Gasteiger charge is -2.21. The minimum absolute atomic E-state index is 0. The number of nitrogens with one attached hydrogen (secondary N) is 2. The molecule has 3 N–H and O–H groups in total. The monoisotopic (exact) mass is 546 g/mol. The number of aliphatic hydroxyl groups is 1. The number of aryl methyl sites for hydroxylation is 4. The number of furan rings is 1. The first-order valence-electron chi connectivity index (χ1n) is 10.8. The second kappa shape index (κ2) is 11.2. The highest BCUT2D eigenvalue weighted by Gasteiger charge is 2.27. The summed E-state index contributed by atoms with van der Waals surface area (Å²) < 4.78 is 8.91. The highest BCUT2D eigenvalue weighted by atomic mass is 127. The molecule has 1 aliphatic heterocycles. The lowest BCUT2D eigenvalue weighted by atomic mass is 9.96. The van der Waals surface area contributed by atoms with Gasteiger partial charge in [-0.1, -0.05) is 0 Å². The van der Waals surface area contributed by atoms with E-state index in [4.69, 9.17) is 4.42 Å². The molecule has 0 radical (unpaired) electrons. The van der Waals surface area contributed by atoms with E-state index in [1.807, 2.05) is 26.8 Å². The third-order valence-electron chi connectivity index (χ3n) is 5.38. The van der Waals surface area contributed by atoms with Crippen molar-refractivity contribution in [3.05, 3.63) is 39.5 Å². The Balaban J connectivity index is 0.00000341. The van der Waals surface area contributed by atoms with Crippen molar-refractivity contribution in [1.29, 1.82) is 0 Å². The summed E-state index contributed by atoms with van der Waals surface area (Å²) in [6.45, 7) is 10.4. The van der Waals surface area contributed by atoms with Crippen molar-refractivity contribution in [2.75, 3.05) is 19.6 Å². The van der Waals surface area contributed by atoms with E-state index in [1.165, 1.54) is 0 Å². The van der Waals surface area contributed by atoms with Crippen molar-refractivity contribution >= 4 is 29.9 Å². The van der Waals surface area contributed by atoms with Crippen LogP contribution in [0.2, 0.25) is 0 Å². The van der Waals surface area contributed by atoms with Gasteiger partial charge in [-0.15, -0.1) is 24.0 Å². The fourth-order valence-corrected chi connectivity index (χ4v) is 3.86. The number of fused-ring (bicyclic) bond motifs is 1. The van der Waals surface area contributed by atoms with Gasteiger partial charge in [0.1, 0.15) is 22.9 Å². The van der Waals surface area contributed by atoms with Crippen LogP contribution in [0, 0.1) is 13.8 Å². The van der Waals surface area contributed by atoms with E-state index in [0.717, 1.165) is 49.4 Å². The molecule has 2 aromatic rings. The molecule has 31 heavy (non-hydrogen) atoms. The number of hydrogen-bond acceptors (Lipinski definition) is 5. The summed E-state index contributed by atoms with van der Waals surface area (Å²) in [5, 5.41) is 21.8. The first-order valence-corrected chi connectivity index (χ1v) is 10.8. The first kappa shape index (κ1) is 25.4. The van der Waals surface area contributed by atoms with E-state index in [9.17, 15) is 9.90 Å². The van der Waals surface area contributed by atoms with Gasteiger partial charge in [-0.05, 0) is 53.0 Å². The number of aromatic nitrogens is 3. The van der Waals surface area contributed by atoms with Crippen LogP contribution < -0.4 is 16.3 Å². The van der Waals surface area contributed by atoms with Gasteiger partial charge >= 0.3 is 5.69 Å². The topological polar surface area (TPSA) is 110 Å². The Labute approximate surface area is 200 Å². The Kier molecular flexibility index (Phi) is 9.16. The van der Waals surface area contributed by atoms with Crippen LogP contribution in [-0.4, -0.2) is 45.0 Å². The van der Waals surface area contributed by atoms with Crippen molar-refractivity contribution in [2.45, 2.75) is 72.1 Å². The van der Waals surface area contributed by atoms with Crippen LogP contribution in [-0.2, 0) is 25.1 Å².